The van der Waals surface area contributed by atoms with Gasteiger partial charge in [0.1, 0.15) is 5.76 Å². The minimum atomic E-state index is -0.263. The van der Waals surface area contributed by atoms with E-state index in [-0.39, 0.29) is 5.54 Å². The first-order chi connectivity index (χ1) is 10.1. The van der Waals surface area contributed by atoms with E-state index in [4.69, 9.17) is 4.84 Å². The Morgan fingerprint density at radius 1 is 1.24 bits per heavy atom. The fraction of sp³-hybridized carbons (Fsp3) is 0.529. The van der Waals surface area contributed by atoms with Crippen molar-refractivity contribution < 1.29 is 9.94 Å². The number of hydrogen-bond acceptors (Lipinski definition) is 4. The van der Waals surface area contributed by atoms with Gasteiger partial charge in [-0.3, -0.25) is 0 Å². The number of benzene rings is 1. The van der Waals surface area contributed by atoms with Crippen LogP contribution in [0.25, 0.3) is 5.57 Å². The summed E-state index contributed by atoms with van der Waals surface area (Å²) in [6.45, 7) is 6.62. The predicted octanol–water partition coefficient (Wildman–Crippen LogP) is 2.57. The number of rotatable bonds is 2. The van der Waals surface area contributed by atoms with Gasteiger partial charge in [0, 0.05) is 25.2 Å². The van der Waals surface area contributed by atoms with Crippen LogP contribution < -0.4 is 5.32 Å². The molecule has 0 bridgehead atoms. The Morgan fingerprint density at radius 3 is 2.62 bits per heavy atom. The van der Waals surface area contributed by atoms with Crippen LogP contribution in [0.1, 0.15) is 29.5 Å². The Labute approximate surface area is 126 Å². The molecular formula is C17H24N2O2. The molecule has 2 N–H and O–H groups in total. The lowest BCUT2D eigenvalue weighted by atomic mass is 9.86. The number of piperidine rings is 1. The van der Waals surface area contributed by atoms with Crippen LogP contribution in [0.2, 0.25) is 0 Å². The Kier molecular flexibility index (Phi) is 3.78. The molecule has 1 saturated heterocycles. The second-order valence-corrected chi connectivity index (χ2v) is 6.19. The van der Waals surface area contributed by atoms with Crippen molar-refractivity contribution in [2.45, 2.75) is 32.2 Å². The van der Waals surface area contributed by atoms with Gasteiger partial charge < -0.3 is 15.3 Å². The van der Waals surface area contributed by atoms with Crippen molar-refractivity contribution in [1.82, 2.24) is 10.4 Å². The molecule has 1 aromatic rings. The minimum Gasteiger partial charge on any atom is -0.510 e. The minimum absolute atomic E-state index is 0.263. The summed E-state index contributed by atoms with van der Waals surface area (Å²) in [5.74, 6) is 0.534. The van der Waals surface area contributed by atoms with Crippen LogP contribution in [0.5, 0.6) is 0 Å². The van der Waals surface area contributed by atoms with Crippen molar-refractivity contribution in [1.29, 1.82) is 0 Å². The molecule has 114 valence electrons. The molecule has 0 amide bonds. The van der Waals surface area contributed by atoms with Gasteiger partial charge in [-0.15, -0.1) is 0 Å². The quantitative estimate of drug-likeness (QED) is 0.878. The molecule has 4 heteroatoms. The van der Waals surface area contributed by atoms with Crippen molar-refractivity contribution in [3.05, 3.63) is 40.6 Å². The van der Waals surface area contributed by atoms with E-state index < -0.39 is 0 Å². The van der Waals surface area contributed by atoms with Gasteiger partial charge in [0.05, 0.1) is 12.6 Å². The SMILES string of the molecule is CON1CCC2(CC1)NCC(c1cc(C)ccc1C)=C2O. The number of hydroxylamine groups is 2. The third-order valence-corrected chi connectivity index (χ3v) is 4.90. The van der Waals surface area contributed by atoms with Crippen LogP contribution in [-0.2, 0) is 4.84 Å². The highest BCUT2D eigenvalue weighted by atomic mass is 16.7. The monoisotopic (exact) mass is 288 g/mol. The number of nitrogens with zero attached hydrogens (tertiary/aromatic N) is 1. The summed E-state index contributed by atoms with van der Waals surface area (Å²) in [4.78, 5) is 5.28. The summed E-state index contributed by atoms with van der Waals surface area (Å²) >= 11 is 0. The fourth-order valence-corrected chi connectivity index (χ4v) is 3.46. The molecule has 1 aromatic carbocycles. The van der Waals surface area contributed by atoms with E-state index in [1.807, 2.05) is 5.06 Å². The van der Waals surface area contributed by atoms with Crippen LogP contribution in [0.3, 0.4) is 0 Å². The average molecular weight is 288 g/mol. The van der Waals surface area contributed by atoms with Gasteiger partial charge in [0.2, 0.25) is 0 Å². The van der Waals surface area contributed by atoms with Crippen molar-refractivity contribution in [2.75, 3.05) is 26.7 Å². The van der Waals surface area contributed by atoms with Gasteiger partial charge in [0.25, 0.3) is 0 Å². The molecular weight excluding hydrogens is 264 g/mol. The number of aliphatic hydroxyl groups is 1. The molecule has 0 atom stereocenters. The Balaban J connectivity index is 1.92. The molecule has 2 aliphatic rings. The Bertz CT molecular complexity index is 572. The smallest absolute Gasteiger partial charge is 0.117 e. The zero-order valence-electron chi connectivity index (χ0n) is 13.1. The maximum atomic E-state index is 10.8. The van der Waals surface area contributed by atoms with Gasteiger partial charge in [-0.2, -0.15) is 5.06 Å². The average Bonchev–Trinajstić information content (AvgIpc) is 2.80. The fourth-order valence-electron chi connectivity index (χ4n) is 3.46. The van der Waals surface area contributed by atoms with E-state index in [0.29, 0.717) is 5.76 Å². The van der Waals surface area contributed by atoms with Crippen LogP contribution in [0.15, 0.2) is 24.0 Å². The molecule has 0 saturated carbocycles. The molecule has 4 nitrogen and oxygen atoms in total. The summed E-state index contributed by atoms with van der Waals surface area (Å²) < 4.78 is 0. The van der Waals surface area contributed by atoms with E-state index >= 15 is 0 Å². The van der Waals surface area contributed by atoms with Crippen molar-refractivity contribution >= 4 is 5.57 Å². The molecule has 0 aromatic heterocycles. The van der Waals surface area contributed by atoms with Gasteiger partial charge in [-0.1, -0.05) is 23.8 Å². The Hall–Kier alpha value is -1.36. The Morgan fingerprint density at radius 2 is 1.95 bits per heavy atom. The zero-order chi connectivity index (χ0) is 15.0. The highest BCUT2D eigenvalue weighted by molar-refractivity contribution is 5.75. The van der Waals surface area contributed by atoms with E-state index in [1.54, 1.807) is 7.11 Å². The van der Waals surface area contributed by atoms with Gasteiger partial charge in [0.15, 0.2) is 0 Å². The molecule has 0 aliphatic carbocycles. The first-order valence-electron chi connectivity index (χ1n) is 7.60. The summed E-state index contributed by atoms with van der Waals surface area (Å²) in [5.41, 5.74) is 4.41. The first-order valence-corrected chi connectivity index (χ1v) is 7.60. The number of hydrogen-bond donors (Lipinski definition) is 2. The van der Waals surface area contributed by atoms with E-state index in [1.165, 1.54) is 16.7 Å². The van der Waals surface area contributed by atoms with Crippen molar-refractivity contribution in [3.8, 4) is 0 Å². The topological polar surface area (TPSA) is 44.7 Å². The molecule has 3 rings (SSSR count). The second-order valence-electron chi connectivity index (χ2n) is 6.19. The molecule has 2 heterocycles. The first kappa shape index (κ1) is 14.6. The maximum absolute atomic E-state index is 10.8. The third-order valence-electron chi connectivity index (χ3n) is 4.90. The molecule has 2 aliphatic heterocycles. The zero-order valence-corrected chi connectivity index (χ0v) is 13.1. The highest BCUT2D eigenvalue weighted by Crippen LogP contribution is 2.38. The van der Waals surface area contributed by atoms with E-state index in [0.717, 1.165) is 38.0 Å². The molecule has 0 unspecified atom stereocenters. The van der Waals surface area contributed by atoms with E-state index in [9.17, 15) is 5.11 Å². The number of aryl methyl sites for hydroxylation is 2. The summed E-state index contributed by atoms with van der Waals surface area (Å²) in [7, 11) is 1.71. The van der Waals surface area contributed by atoms with Crippen LogP contribution >= 0.6 is 0 Å². The van der Waals surface area contributed by atoms with Crippen LogP contribution in [0, 0.1) is 13.8 Å². The lowest BCUT2D eigenvalue weighted by molar-refractivity contribution is -0.151. The highest BCUT2D eigenvalue weighted by Gasteiger charge is 2.43. The molecule has 1 fully saturated rings. The van der Waals surface area contributed by atoms with Crippen molar-refractivity contribution in [2.24, 2.45) is 0 Å². The van der Waals surface area contributed by atoms with Gasteiger partial charge in [-0.25, -0.2) is 0 Å². The second kappa shape index (κ2) is 5.44. The maximum Gasteiger partial charge on any atom is 0.117 e. The predicted molar refractivity (Wildman–Crippen MR) is 84.0 cm³/mol. The third kappa shape index (κ3) is 2.48. The molecule has 21 heavy (non-hydrogen) atoms. The lowest BCUT2D eigenvalue weighted by Crippen LogP contribution is -2.51. The van der Waals surface area contributed by atoms with Gasteiger partial charge >= 0.3 is 0 Å². The number of nitrogens with one attached hydrogen (secondary N) is 1. The largest absolute Gasteiger partial charge is 0.510 e. The molecule has 1 spiro atoms. The summed E-state index contributed by atoms with van der Waals surface area (Å²) in [6, 6.07) is 6.42. The molecule has 0 radical (unpaired) electrons. The number of aliphatic hydroxyl groups excluding tert-OH is 1. The standard InChI is InChI=1S/C17H24N2O2/c1-12-4-5-13(2)14(10-12)15-11-18-17(16(15)20)6-8-19(21-3)9-7-17/h4-5,10,18,20H,6-9,11H2,1-3H3. The van der Waals surface area contributed by atoms with Crippen LogP contribution in [0.4, 0.5) is 0 Å². The van der Waals surface area contributed by atoms with Gasteiger partial charge in [-0.05, 0) is 37.8 Å². The summed E-state index contributed by atoms with van der Waals surface area (Å²) in [5, 5.41) is 16.4. The van der Waals surface area contributed by atoms with Crippen molar-refractivity contribution in [3.63, 3.8) is 0 Å². The lowest BCUT2D eigenvalue weighted by Gasteiger charge is -2.38. The normalized spacial score (nSPS) is 22.2. The van der Waals surface area contributed by atoms with Crippen LogP contribution in [-0.4, -0.2) is 42.5 Å². The van der Waals surface area contributed by atoms with E-state index in [2.05, 4.69) is 37.4 Å². The summed E-state index contributed by atoms with van der Waals surface area (Å²) in [6.07, 6.45) is 1.75.